The Morgan fingerprint density at radius 3 is 2.79 bits per heavy atom. The lowest BCUT2D eigenvalue weighted by Gasteiger charge is -2.20. The van der Waals surface area contributed by atoms with E-state index in [-0.39, 0.29) is 19.1 Å². The first-order valence-electron chi connectivity index (χ1n) is 6.32. The lowest BCUT2D eigenvalue weighted by molar-refractivity contribution is 0.0724. The van der Waals surface area contributed by atoms with Crippen LogP contribution in [0, 0.1) is 11.8 Å². The van der Waals surface area contributed by atoms with Gasteiger partial charge in [-0.2, -0.15) is 0 Å². The molecule has 5 heteroatoms. The highest BCUT2D eigenvalue weighted by molar-refractivity contribution is 7.14. The first-order chi connectivity index (χ1) is 9.22. The van der Waals surface area contributed by atoms with Crippen molar-refractivity contribution in [2.24, 2.45) is 0 Å². The van der Waals surface area contributed by atoms with Crippen molar-refractivity contribution >= 4 is 17.2 Å². The van der Waals surface area contributed by atoms with E-state index in [0.717, 1.165) is 17.7 Å². The highest BCUT2D eigenvalue weighted by Gasteiger charge is 2.16. The fraction of sp³-hybridized carbons (Fsp3) is 0.500. The van der Waals surface area contributed by atoms with Gasteiger partial charge in [0.2, 0.25) is 0 Å². The molecule has 1 heterocycles. The Hall–Kier alpha value is -1.35. The Balaban J connectivity index is 2.75. The van der Waals surface area contributed by atoms with Crippen molar-refractivity contribution in [3.8, 4) is 11.8 Å². The SMILES string of the molecule is CCCCN(CCO)C(=O)c1ccc(C#CCO)s1. The molecular weight excluding hydrogens is 262 g/mol. The van der Waals surface area contributed by atoms with Gasteiger partial charge in [0.1, 0.15) is 6.61 Å². The second-order valence-electron chi connectivity index (χ2n) is 3.99. The quantitative estimate of drug-likeness (QED) is 0.773. The summed E-state index contributed by atoms with van der Waals surface area (Å²) < 4.78 is 0. The number of carbonyl (C=O) groups is 1. The molecule has 0 radical (unpaired) electrons. The minimum atomic E-state index is -0.186. The first kappa shape index (κ1) is 15.7. The zero-order valence-electron chi connectivity index (χ0n) is 11.1. The Morgan fingerprint density at radius 1 is 1.37 bits per heavy atom. The number of hydrogen-bond donors (Lipinski definition) is 2. The van der Waals surface area contributed by atoms with Crippen LogP contribution >= 0.6 is 11.3 Å². The molecule has 1 amide bonds. The van der Waals surface area contributed by atoms with Gasteiger partial charge in [-0.25, -0.2) is 0 Å². The van der Waals surface area contributed by atoms with Crippen LogP contribution in [0.1, 0.15) is 34.3 Å². The van der Waals surface area contributed by atoms with Crippen LogP contribution in [0.2, 0.25) is 0 Å². The van der Waals surface area contributed by atoms with Crippen LogP contribution in [0.15, 0.2) is 12.1 Å². The van der Waals surface area contributed by atoms with E-state index in [0.29, 0.717) is 18.0 Å². The van der Waals surface area contributed by atoms with Gasteiger partial charge in [0.05, 0.1) is 16.4 Å². The third kappa shape index (κ3) is 5.03. The average Bonchev–Trinajstić information content (AvgIpc) is 2.89. The number of carbonyl (C=O) groups excluding carboxylic acids is 1. The Morgan fingerprint density at radius 2 is 2.16 bits per heavy atom. The third-order valence-corrected chi connectivity index (χ3v) is 3.53. The van der Waals surface area contributed by atoms with Gasteiger partial charge in [0.25, 0.3) is 5.91 Å². The number of thiophene rings is 1. The Labute approximate surface area is 117 Å². The molecule has 0 saturated carbocycles. The van der Waals surface area contributed by atoms with Gasteiger partial charge in [0, 0.05) is 13.1 Å². The fourth-order valence-electron chi connectivity index (χ4n) is 1.59. The smallest absolute Gasteiger partial charge is 0.264 e. The number of unbranched alkanes of at least 4 members (excludes halogenated alkanes) is 1. The molecule has 1 aromatic heterocycles. The van der Waals surface area contributed by atoms with Crippen molar-refractivity contribution in [3.63, 3.8) is 0 Å². The highest BCUT2D eigenvalue weighted by atomic mass is 32.1. The van der Waals surface area contributed by atoms with Gasteiger partial charge >= 0.3 is 0 Å². The number of amides is 1. The van der Waals surface area contributed by atoms with E-state index in [4.69, 9.17) is 10.2 Å². The maximum atomic E-state index is 12.3. The van der Waals surface area contributed by atoms with Gasteiger partial charge < -0.3 is 15.1 Å². The van der Waals surface area contributed by atoms with E-state index >= 15 is 0 Å². The molecule has 0 aromatic carbocycles. The summed E-state index contributed by atoms with van der Waals surface area (Å²) in [5, 5.41) is 17.6. The van der Waals surface area contributed by atoms with Crippen LogP contribution in [0.3, 0.4) is 0 Å². The predicted octanol–water partition coefficient (Wildman–Crippen LogP) is 1.33. The second kappa shape index (κ2) is 8.70. The van der Waals surface area contributed by atoms with Crippen LogP contribution in [0.5, 0.6) is 0 Å². The van der Waals surface area contributed by atoms with E-state index in [1.807, 2.05) is 0 Å². The molecular formula is C14H19NO3S. The van der Waals surface area contributed by atoms with Crippen molar-refractivity contribution in [2.45, 2.75) is 19.8 Å². The van der Waals surface area contributed by atoms with E-state index in [1.54, 1.807) is 17.0 Å². The molecule has 0 unspecified atom stereocenters. The topological polar surface area (TPSA) is 60.8 Å². The number of rotatable bonds is 6. The average molecular weight is 281 g/mol. The number of nitrogens with zero attached hydrogens (tertiary/aromatic N) is 1. The van der Waals surface area contributed by atoms with Crippen LogP contribution in [0.4, 0.5) is 0 Å². The van der Waals surface area contributed by atoms with Crippen LogP contribution in [-0.4, -0.2) is 47.3 Å². The van der Waals surface area contributed by atoms with Crippen molar-refractivity contribution in [2.75, 3.05) is 26.3 Å². The van der Waals surface area contributed by atoms with Gasteiger partial charge in [-0.15, -0.1) is 11.3 Å². The van der Waals surface area contributed by atoms with Crippen molar-refractivity contribution in [3.05, 3.63) is 21.9 Å². The van der Waals surface area contributed by atoms with Gasteiger partial charge in [-0.3, -0.25) is 4.79 Å². The van der Waals surface area contributed by atoms with Gasteiger partial charge in [0.15, 0.2) is 0 Å². The zero-order valence-corrected chi connectivity index (χ0v) is 11.9. The van der Waals surface area contributed by atoms with Crippen molar-refractivity contribution in [1.29, 1.82) is 0 Å². The second-order valence-corrected chi connectivity index (χ2v) is 5.08. The molecule has 0 atom stereocenters. The molecule has 0 bridgehead atoms. The lowest BCUT2D eigenvalue weighted by atomic mass is 10.3. The lowest BCUT2D eigenvalue weighted by Crippen LogP contribution is -2.33. The highest BCUT2D eigenvalue weighted by Crippen LogP contribution is 2.17. The summed E-state index contributed by atoms with van der Waals surface area (Å²) in [6.45, 7) is 2.86. The van der Waals surface area contributed by atoms with Crippen molar-refractivity contribution < 1.29 is 15.0 Å². The van der Waals surface area contributed by atoms with E-state index in [2.05, 4.69) is 18.8 Å². The minimum absolute atomic E-state index is 0.0298. The molecule has 1 rings (SSSR count). The molecule has 0 aliphatic rings. The summed E-state index contributed by atoms with van der Waals surface area (Å²) >= 11 is 1.31. The minimum Gasteiger partial charge on any atom is -0.395 e. The summed E-state index contributed by atoms with van der Waals surface area (Å²) in [5.41, 5.74) is 0. The van der Waals surface area contributed by atoms with Gasteiger partial charge in [-0.1, -0.05) is 25.2 Å². The van der Waals surface area contributed by atoms with Crippen LogP contribution in [-0.2, 0) is 0 Å². The monoisotopic (exact) mass is 281 g/mol. The van der Waals surface area contributed by atoms with Crippen molar-refractivity contribution in [1.82, 2.24) is 4.90 Å². The molecule has 0 fully saturated rings. The molecule has 0 spiro atoms. The summed E-state index contributed by atoms with van der Waals surface area (Å²) in [6, 6.07) is 3.52. The van der Waals surface area contributed by atoms with E-state index < -0.39 is 0 Å². The zero-order chi connectivity index (χ0) is 14.1. The van der Waals surface area contributed by atoms with E-state index in [9.17, 15) is 4.79 Å². The van der Waals surface area contributed by atoms with Crippen LogP contribution in [0.25, 0.3) is 0 Å². The molecule has 2 N–H and O–H groups in total. The largest absolute Gasteiger partial charge is 0.395 e. The summed E-state index contributed by atoms with van der Waals surface area (Å²) in [4.78, 5) is 15.3. The number of aliphatic hydroxyl groups is 2. The fourth-order valence-corrected chi connectivity index (χ4v) is 2.44. The van der Waals surface area contributed by atoms with Crippen LogP contribution < -0.4 is 0 Å². The first-order valence-corrected chi connectivity index (χ1v) is 7.14. The number of hydrogen-bond acceptors (Lipinski definition) is 4. The molecule has 104 valence electrons. The molecule has 0 saturated heterocycles. The van der Waals surface area contributed by atoms with E-state index in [1.165, 1.54) is 11.3 Å². The number of aliphatic hydroxyl groups excluding tert-OH is 2. The molecule has 0 aliphatic heterocycles. The predicted molar refractivity (Wildman–Crippen MR) is 76.2 cm³/mol. The molecule has 4 nitrogen and oxygen atoms in total. The summed E-state index contributed by atoms with van der Waals surface area (Å²) in [6.07, 6.45) is 1.93. The maximum absolute atomic E-state index is 12.3. The Bertz CT molecular complexity index is 459. The third-order valence-electron chi connectivity index (χ3n) is 2.55. The summed E-state index contributed by atoms with van der Waals surface area (Å²) in [5.74, 6) is 5.27. The van der Waals surface area contributed by atoms with Gasteiger partial charge in [-0.05, 0) is 18.6 Å². The Kier molecular flexibility index (Phi) is 7.19. The maximum Gasteiger partial charge on any atom is 0.264 e. The summed E-state index contributed by atoms with van der Waals surface area (Å²) in [7, 11) is 0. The molecule has 0 aliphatic carbocycles. The normalized spacial score (nSPS) is 9.84. The molecule has 1 aromatic rings. The molecule has 19 heavy (non-hydrogen) atoms. The standard InChI is InChI=1S/C14H19NO3S/c1-2-3-8-15(9-11-17)14(18)13-7-6-12(19-13)5-4-10-16/h6-7,16-17H,2-3,8-11H2,1H3.